The topological polar surface area (TPSA) is 82.8 Å². The summed E-state index contributed by atoms with van der Waals surface area (Å²) in [6, 6.07) is 11.0. The number of furan rings is 1. The van der Waals surface area contributed by atoms with E-state index in [0.29, 0.717) is 35.4 Å². The summed E-state index contributed by atoms with van der Waals surface area (Å²) in [6.07, 6.45) is 2.84. The summed E-state index contributed by atoms with van der Waals surface area (Å²) in [6.45, 7) is 2.79. The minimum atomic E-state index is 0.454. The summed E-state index contributed by atoms with van der Waals surface area (Å²) in [5, 5.41) is 17.4. The zero-order valence-electron chi connectivity index (χ0n) is 14.1. The van der Waals surface area contributed by atoms with E-state index in [1.807, 2.05) is 35.8 Å². The van der Waals surface area contributed by atoms with E-state index in [2.05, 4.69) is 20.4 Å². The molecule has 0 atom stereocenters. The van der Waals surface area contributed by atoms with Crippen LogP contribution in [-0.2, 0) is 19.4 Å². The van der Waals surface area contributed by atoms with Gasteiger partial charge in [-0.25, -0.2) is 0 Å². The molecule has 0 unspecified atom stereocenters. The van der Waals surface area contributed by atoms with Gasteiger partial charge in [0.2, 0.25) is 11.8 Å². The van der Waals surface area contributed by atoms with Gasteiger partial charge in [0, 0.05) is 30.0 Å². The smallest absolute Gasteiger partial charge is 0.247 e. The summed E-state index contributed by atoms with van der Waals surface area (Å²) < 4.78 is 13.2. The summed E-state index contributed by atoms with van der Waals surface area (Å²) in [4.78, 5) is 0. The highest BCUT2D eigenvalue weighted by molar-refractivity contribution is 6.30. The van der Waals surface area contributed by atoms with Crippen molar-refractivity contribution in [1.82, 2.24) is 25.0 Å². The van der Waals surface area contributed by atoms with Crippen molar-refractivity contribution in [3.8, 4) is 23.0 Å². The molecule has 0 fully saturated rings. The SMILES string of the molecule is CCn1c(CCc2nnc(-c3cccc(Cl)c3)o2)nnc1-c1ccco1. The molecular formula is C18H16ClN5O2. The molecule has 7 nitrogen and oxygen atoms in total. The molecular weight excluding hydrogens is 354 g/mol. The lowest BCUT2D eigenvalue weighted by Crippen LogP contribution is -2.05. The molecule has 0 bridgehead atoms. The Morgan fingerprint density at radius 1 is 1.04 bits per heavy atom. The Labute approximate surface area is 154 Å². The molecule has 4 rings (SSSR count). The molecule has 8 heteroatoms. The maximum absolute atomic E-state index is 6.01. The monoisotopic (exact) mass is 369 g/mol. The minimum Gasteiger partial charge on any atom is -0.461 e. The molecule has 0 aliphatic carbocycles. The molecule has 0 N–H and O–H groups in total. The number of hydrogen-bond donors (Lipinski definition) is 0. The van der Waals surface area contributed by atoms with Crippen LogP contribution >= 0.6 is 11.6 Å². The molecule has 0 aliphatic rings. The van der Waals surface area contributed by atoms with E-state index >= 15 is 0 Å². The van der Waals surface area contributed by atoms with Crippen LogP contribution in [0.15, 0.2) is 51.5 Å². The highest BCUT2D eigenvalue weighted by Gasteiger charge is 2.16. The molecule has 132 valence electrons. The molecule has 0 radical (unpaired) electrons. The zero-order valence-corrected chi connectivity index (χ0v) is 14.8. The van der Waals surface area contributed by atoms with Crippen LogP contribution in [0, 0.1) is 0 Å². The summed E-state index contributed by atoms with van der Waals surface area (Å²) in [7, 11) is 0. The van der Waals surface area contributed by atoms with E-state index in [-0.39, 0.29) is 0 Å². The van der Waals surface area contributed by atoms with Gasteiger partial charge >= 0.3 is 0 Å². The van der Waals surface area contributed by atoms with Crippen molar-refractivity contribution in [2.45, 2.75) is 26.3 Å². The molecule has 3 heterocycles. The third kappa shape index (κ3) is 3.25. The summed E-state index contributed by atoms with van der Waals surface area (Å²) >= 11 is 6.01. The standard InChI is InChI=1S/C18H16ClN5O2/c1-2-24-15(20-22-17(24)14-7-4-10-25-14)8-9-16-21-23-18(26-16)12-5-3-6-13(19)11-12/h3-7,10-11H,2,8-9H2,1H3. The van der Waals surface area contributed by atoms with Crippen molar-refractivity contribution in [2.75, 3.05) is 0 Å². The van der Waals surface area contributed by atoms with Crippen molar-refractivity contribution >= 4 is 11.6 Å². The quantitative estimate of drug-likeness (QED) is 0.510. The third-order valence-electron chi connectivity index (χ3n) is 3.99. The van der Waals surface area contributed by atoms with Crippen LogP contribution in [0.3, 0.4) is 0 Å². The normalized spacial score (nSPS) is 11.2. The highest BCUT2D eigenvalue weighted by atomic mass is 35.5. The first-order valence-corrected chi connectivity index (χ1v) is 8.66. The van der Waals surface area contributed by atoms with E-state index in [1.165, 1.54) is 0 Å². The number of aromatic nitrogens is 5. The first kappa shape index (κ1) is 16.5. The molecule has 0 spiro atoms. The molecule has 0 saturated heterocycles. The first-order valence-electron chi connectivity index (χ1n) is 8.29. The van der Waals surface area contributed by atoms with Crippen molar-refractivity contribution in [1.29, 1.82) is 0 Å². The van der Waals surface area contributed by atoms with Crippen molar-refractivity contribution in [2.24, 2.45) is 0 Å². The number of rotatable bonds is 6. The number of halogens is 1. The van der Waals surface area contributed by atoms with E-state index in [1.54, 1.807) is 18.4 Å². The molecule has 26 heavy (non-hydrogen) atoms. The van der Waals surface area contributed by atoms with E-state index < -0.39 is 0 Å². The maximum Gasteiger partial charge on any atom is 0.247 e. The minimum absolute atomic E-state index is 0.454. The Balaban J connectivity index is 1.50. The fourth-order valence-corrected chi connectivity index (χ4v) is 2.94. The van der Waals surface area contributed by atoms with Gasteiger partial charge in [0.05, 0.1) is 6.26 Å². The van der Waals surface area contributed by atoms with Crippen LogP contribution in [-0.4, -0.2) is 25.0 Å². The lowest BCUT2D eigenvalue weighted by molar-refractivity contribution is 0.499. The Bertz CT molecular complexity index is 1010. The second-order valence-electron chi connectivity index (χ2n) is 5.67. The Morgan fingerprint density at radius 3 is 2.73 bits per heavy atom. The van der Waals surface area contributed by atoms with Gasteiger partial charge in [-0.1, -0.05) is 17.7 Å². The van der Waals surface area contributed by atoms with E-state index in [4.69, 9.17) is 20.4 Å². The predicted octanol–water partition coefficient (Wildman–Crippen LogP) is 4.05. The maximum atomic E-state index is 6.01. The van der Waals surface area contributed by atoms with E-state index in [9.17, 15) is 0 Å². The fraction of sp³-hybridized carbons (Fsp3) is 0.222. The van der Waals surface area contributed by atoms with Crippen LogP contribution in [0.1, 0.15) is 18.6 Å². The largest absolute Gasteiger partial charge is 0.461 e. The second-order valence-corrected chi connectivity index (χ2v) is 6.11. The van der Waals surface area contributed by atoms with Crippen LogP contribution in [0.25, 0.3) is 23.0 Å². The lowest BCUT2D eigenvalue weighted by atomic mass is 10.2. The Hall–Kier alpha value is -2.93. The van der Waals surface area contributed by atoms with Crippen LogP contribution in [0.5, 0.6) is 0 Å². The van der Waals surface area contributed by atoms with Gasteiger partial charge < -0.3 is 13.4 Å². The average Bonchev–Trinajstić information content (AvgIpc) is 3.39. The summed E-state index contributed by atoms with van der Waals surface area (Å²) in [5.41, 5.74) is 0.799. The number of nitrogens with zero attached hydrogens (tertiary/aromatic N) is 5. The van der Waals surface area contributed by atoms with Gasteiger partial charge in [-0.3, -0.25) is 0 Å². The van der Waals surface area contributed by atoms with Crippen LogP contribution < -0.4 is 0 Å². The highest BCUT2D eigenvalue weighted by Crippen LogP contribution is 2.22. The van der Waals surface area contributed by atoms with Crippen LogP contribution in [0.2, 0.25) is 5.02 Å². The van der Waals surface area contributed by atoms with Gasteiger partial charge in [0.1, 0.15) is 5.82 Å². The lowest BCUT2D eigenvalue weighted by Gasteiger charge is -2.04. The third-order valence-corrected chi connectivity index (χ3v) is 4.22. The van der Waals surface area contributed by atoms with Gasteiger partial charge in [-0.05, 0) is 37.3 Å². The van der Waals surface area contributed by atoms with Gasteiger partial charge in [0.25, 0.3) is 0 Å². The van der Waals surface area contributed by atoms with Gasteiger partial charge in [0.15, 0.2) is 11.6 Å². The molecule has 3 aromatic heterocycles. The number of aryl methyl sites for hydroxylation is 2. The first-order chi connectivity index (χ1) is 12.7. The number of hydrogen-bond acceptors (Lipinski definition) is 6. The second kappa shape index (κ2) is 7.13. The molecule has 0 amide bonds. The molecule has 1 aromatic carbocycles. The van der Waals surface area contributed by atoms with Crippen molar-refractivity contribution in [3.05, 3.63) is 59.4 Å². The Kier molecular flexibility index (Phi) is 4.53. The van der Waals surface area contributed by atoms with Gasteiger partial charge in [-0.2, -0.15) is 0 Å². The molecule has 0 saturated carbocycles. The van der Waals surface area contributed by atoms with E-state index in [0.717, 1.165) is 23.8 Å². The Morgan fingerprint density at radius 2 is 1.96 bits per heavy atom. The molecule has 0 aliphatic heterocycles. The predicted molar refractivity (Wildman–Crippen MR) is 95.6 cm³/mol. The number of benzene rings is 1. The van der Waals surface area contributed by atoms with Crippen molar-refractivity contribution in [3.63, 3.8) is 0 Å². The summed E-state index contributed by atoms with van der Waals surface area (Å²) in [5.74, 6) is 3.27. The fourth-order valence-electron chi connectivity index (χ4n) is 2.75. The van der Waals surface area contributed by atoms with Crippen molar-refractivity contribution < 1.29 is 8.83 Å². The molecule has 4 aromatic rings. The van der Waals surface area contributed by atoms with Gasteiger partial charge in [-0.15, -0.1) is 20.4 Å². The van der Waals surface area contributed by atoms with Crippen LogP contribution in [0.4, 0.5) is 0 Å². The zero-order chi connectivity index (χ0) is 17.9. The average molecular weight is 370 g/mol.